The fourth-order valence-electron chi connectivity index (χ4n) is 7.54. The van der Waals surface area contributed by atoms with Gasteiger partial charge in [0.15, 0.2) is 5.82 Å². The van der Waals surface area contributed by atoms with Crippen molar-refractivity contribution in [3.63, 3.8) is 0 Å². The van der Waals surface area contributed by atoms with Gasteiger partial charge in [0.2, 0.25) is 0 Å². The van der Waals surface area contributed by atoms with E-state index in [1.54, 1.807) is 18.3 Å². The minimum atomic E-state index is 0.538. The van der Waals surface area contributed by atoms with Crippen LogP contribution in [0.15, 0.2) is 188 Å². The Labute approximate surface area is 338 Å². The van der Waals surface area contributed by atoms with Gasteiger partial charge in [-0.1, -0.05) is 67.3 Å². The maximum absolute atomic E-state index is 5.09. The number of aliphatic imine (C=N–C) groups is 1. The van der Waals surface area contributed by atoms with Crippen LogP contribution in [0.1, 0.15) is 12.6 Å². The molecule has 0 amide bonds. The van der Waals surface area contributed by atoms with Gasteiger partial charge in [-0.25, -0.2) is 24.9 Å². The summed E-state index contributed by atoms with van der Waals surface area (Å²) in [6.45, 7) is 5.88. The van der Waals surface area contributed by atoms with E-state index >= 15 is 0 Å². The van der Waals surface area contributed by atoms with Gasteiger partial charge in [-0.2, -0.15) is 0 Å². The van der Waals surface area contributed by atoms with Gasteiger partial charge in [0, 0.05) is 40.1 Å². The van der Waals surface area contributed by atoms with E-state index in [0.717, 1.165) is 66.6 Å². The predicted octanol–water partition coefficient (Wildman–Crippen LogP) is 10.6. The predicted molar refractivity (Wildman–Crippen MR) is 238 cm³/mol. The van der Waals surface area contributed by atoms with Crippen molar-refractivity contribution >= 4 is 66.6 Å². The lowest BCUT2D eigenvalue weighted by Gasteiger charge is -2.14. The van der Waals surface area contributed by atoms with Crippen molar-refractivity contribution in [2.24, 2.45) is 4.99 Å². The first-order chi connectivity index (χ1) is 29.1. The smallest absolute Gasteiger partial charge is 0.155 e. The Morgan fingerprint density at radius 2 is 1.20 bits per heavy atom. The number of para-hydroxylation sites is 2. The largest absolute Gasteiger partial charge is 0.337 e. The van der Waals surface area contributed by atoms with E-state index in [4.69, 9.17) is 19.9 Å². The molecule has 2 N–H and O–H groups in total. The van der Waals surface area contributed by atoms with Crippen LogP contribution in [0.5, 0.6) is 0 Å². The van der Waals surface area contributed by atoms with Crippen LogP contribution < -0.4 is 10.6 Å². The van der Waals surface area contributed by atoms with Gasteiger partial charge in [-0.15, -0.1) is 0 Å². The normalized spacial score (nSPS) is 12.1. The van der Waals surface area contributed by atoms with Crippen molar-refractivity contribution in [3.8, 4) is 23.0 Å². The molecular weight excluding hydrogens is 731 g/mol. The van der Waals surface area contributed by atoms with E-state index in [-0.39, 0.29) is 0 Å². The molecule has 10 aromatic rings. The summed E-state index contributed by atoms with van der Waals surface area (Å²) >= 11 is 0. The molecule has 0 radical (unpaired) electrons. The number of pyridine rings is 6. The summed E-state index contributed by atoms with van der Waals surface area (Å²) in [5, 5.41) is 11.4. The third-order valence-corrected chi connectivity index (χ3v) is 10.1. The second-order valence-corrected chi connectivity index (χ2v) is 13.8. The van der Waals surface area contributed by atoms with Gasteiger partial charge in [0.25, 0.3) is 0 Å². The summed E-state index contributed by atoms with van der Waals surface area (Å²) in [7, 11) is 0. The molecule has 0 bridgehead atoms. The molecule has 282 valence electrons. The lowest BCUT2D eigenvalue weighted by Crippen LogP contribution is -2.08. The van der Waals surface area contributed by atoms with E-state index in [2.05, 4.69) is 71.6 Å². The van der Waals surface area contributed by atoms with Crippen LogP contribution in [0.25, 0.3) is 66.6 Å². The third-order valence-electron chi connectivity index (χ3n) is 10.1. The van der Waals surface area contributed by atoms with Crippen LogP contribution in [0.2, 0.25) is 0 Å². The molecule has 11 nitrogen and oxygen atoms in total. The van der Waals surface area contributed by atoms with Gasteiger partial charge in [-0.05, 0) is 85.8 Å². The van der Waals surface area contributed by atoms with Crippen molar-refractivity contribution < 1.29 is 0 Å². The molecule has 0 aliphatic heterocycles. The molecule has 0 spiro atoms. The zero-order chi connectivity index (χ0) is 39.7. The Hall–Kier alpha value is -8.31. The summed E-state index contributed by atoms with van der Waals surface area (Å²) in [4.78, 5) is 33.6. The topological polar surface area (TPSA) is 124 Å². The summed E-state index contributed by atoms with van der Waals surface area (Å²) in [6, 6.07) is 42.3. The Morgan fingerprint density at radius 3 is 1.90 bits per heavy atom. The van der Waals surface area contributed by atoms with Crippen molar-refractivity contribution in [2.75, 3.05) is 10.6 Å². The highest BCUT2D eigenvalue weighted by molar-refractivity contribution is 6.09. The molecule has 0 aliphatic rings. The lowest BCUT2D eigenvalue weighted by atomic mass is 10.2. The van der Waals surface area contributed by atoms with Gasteiger partial charge >= 0.3 is 0 Å². The number of rotatable bonds is 10. The van der Waals surface area contributed by atoms with E-state index < -0.39 is 0 Å². The molecule has 0 saturated carbocycles. The number of benzene rings is 2. The van der Waals surface area contributed by atoms with Crippen LogP contribution in [-0.4, -0.2) is 44.7 Å². The summed E-state index contributed by atoms with van der Waals surface area (Å²) < 4.78 is 4.28. The van der Waals surface area contributed by atoms with Crippen LogP contribution in [0.3, 0.4) is 0 Å². The molecular formula is C48H35N11. The average Bonchev–Trinajstić information content (AvgIpc) is 3.80. The number of nitrogens with zero attached hydrogens (tertiary/aromatic N) is 9. The Bertz CT molecular complexity index is 3180. The van der Waals surface area contributed by atoms with Crippen LogP contribution in [0, 0.1) is 0 Å². The summed E-state index contributed by atoms with van der Waals surface area (Å²) in [5.41, 5.74) is 7.68. The minimum Gasteiger partial charge on any atom is -0.337 e. The molecule has 11 heteroatoms. The Morgan fingerprint density at radius 1 is 0.593 bits per heavy atom. The number of aromatic nitrogens is 8. The first-order valence-electron chi connectivity index (χ1n) is 19.1. The lowest BCUT2D eigenvalue weighted by molar-refractivity contribution is 1.06. The van der Waals surface area contributed by atoms with E-state index in [1.165, 1.54) is 0 Å². The fourth-order valence-corrected chi connectivity index (χ4v) is 7.54. The molecule has 0 atom stereocenters. The monoisotopic (exact) mass is 765 g/mol. The molecule has 0 aliphatic carbocycles. The molecule has 0 fully saturated rings. The second kappa shape index (κ2) is 15.0. The highest BCUT2D eigenvalue weighted by Gasteiger charge is 2.16. The zero-order valence-electron chi connectivity index (χ0n) is 31.9. The number of allylic oxidation sites excluding steroid dienone is 2. The van der Waals surface area contributed by atoms with Crippen LogP contribution in [0.4, 0.5) is 17.3 Å². The van der Waals surface area contributed by atoms with Gasteiger partial charge in [-0.3, -0.25) is 19.1 Å². The number of hydrogen-bond donors (Lipinski definition) is 2. The van der Waals surface area contributed by atoms with E-state index in [0.29, 0.717) is 34.5 Å². The maximum Gasteiger partial charge on any atom is 0.155 e. The standard InChI is InChI=1S/C48H35N11/c1-3-12-44(52-31(2)36-15-9-22-46(55-36)58-40-19-6-4-13-32(40)34-24-27-49-29-42(34)58)57-48-39(18-11-26-51-48)54-45-21-8-16-37(53-45)38-17-10-23-47(56-38)59-41-20-7-5-14-33(41)35-25-28-50-30-43(35)59/h3-30H,1H2,2H3,(H,51,57)(H,53,54)/b44-12+,52-31+. The molecule has 2 aromatic carbocycles. The molecule has 0 unspecified atom stereocenters. The highest BCUT2D eigenvalue weighted by atomic mass is 15.1. The van der Waals surface area contributed by atoms with Crippen molar-refractivity contribution in [2.45, 2.75) is 6.92 Å². The fraction of sp³-hybridized carbons (Fsp3) is 0.0208. The number of hydrogen-bond acceptors (Lipinski definition) is 9. The molecule has 10 rings (SSSR count). The van der Waals surface area contributed by atoms with E-state index in [1.807, 2.05) is 129 Å². The van der Waals surface area contributed by atoms with Crippen LogP contribution >= 0.6 is 0 Å². The average molecular weight is 766 g/mol. The number of anilines is 3. The second-order valence-electron chi connectivity index (χ2n) is 13.8. The zero-order valence-corrected chi connectivity index (χ0v) is 31.9. The Balaban J connectivity index is 0.927. The minimum absolute atomic E-state index is 0.538. The van der Waals surface area contributed by atoms with Gasteiger partial charge < -0.3 is 10.6 Å². The van der Waals surface area contributed by atoms with Gasteiger partial charge in [0.1, 0.15) is 23.3 Å². The summed E-state index contributed by atoms with van der Waals surface area (Å²) in [5.74, 6) is 3.28. The van der Waals surface area contributed by atoms with Gasteiger partial charge in [0.05, 0.1) is 62.9 Å². The van der Waals surface area contributed by atoms with Crippen molar-refractivity contribution in [3.05, 3.63) is 189 Å². The Kier molecular flexibility index (Phi) is 8.92. The number of fused-ring (bicyclic) bond motifs is 6. The van der Waals surface area contributed by atoms with Crippen molar-refractivity contribution in [1.29, 1.82) is 0 Å². The molecule has 8 heterocycles. The summed E-state index contributed by atoms with van der Waals surface area (Å²) in [6.07, 6.45) is 12.6. The van der Waals surface area contributed by atoms with Crippen molar-refractivity contribution in [1.82, 2.24) is 39.0 Å². The van der Waals surface area contributed by atoms with Crippen LogP contribution in [-0.2, 0) is 0 Å². The maximum atomic E-state index is 5.09. The van der Waals surface area contributed by atoms with E-state index in [9.17, 15) is 0 Å². The first kappa shape index (κ1) is 35.1. The third kappa shape index (κ3) is 6.52. The SMILES string of the molecule is C=C/C=C(\N=C(/C)c1cccc(-n2c3ccccc3c3ccncc32)n1)Nc1ncccc1Nc1cccc(-c2cccc(-n3c4ccccc4c4ccncc43)n2)n1. The highest BCUT2D eigenvalue weighted by Crippen LogP contribution is 2.33. The quantitative estimate of drug-likeness (QED) is 0.104. The molecule has 59 heavy (non-hydrogen) atoms. The first-order valence-corrected chi connectivity index (χ1v) is 19.1. The number of nitrogens with one attached hydrogen (secondary N) is 2. The molecule has 0 saturated heterocycles. The molecule has 8 aromatic heterocycles.